The van der Waals surface area contributed by atoms with Crippen LogP contribution in [0.5, 0.6) is 0 Å². The summed E-state index contributed by atoms with van der Waals surface area (Å²) in [4.78, 5) is 3.87. The molecular weight excluding hydrogens is 378 g/mol. The molecule has 0 aliphatic rings. The average molecular weight is 387 g/mol. The Bertz CT molecular complexity index is 847. The zero-order valence-electron chi connectivity index (χ0n) is 10.8. The van der Waals surface area contributed by atoms with E-state index in [-0.39, 0.29) is 21.3 Å². The number of aryl methyl sites for hydroxylation is 1. The quantitative estimate of drug-likeness (QED) is 0.875. The third kappa shape index (κ3) is 3.53. The number of halogens is 2. The molecular formula is C13H9BrClN3O2S. The molecule has 2 rings (SSSR count). The van der Waals surface area contributed by atoms with Gasteiger partial charge in [0.15, 0.2) is 0 Å². The van der Waals surface area contributed by atoms with Crippen molar-refractivity contribution >= 4 is 43.4 Å². The van der Waals surface area contributed by atoms with Gasteiger partial charge in [0.25, 0.3) is 10.0 Å². The number of anilines is 1. The van der Waals surface area contributed by atoms with Crippen LogP contribution in [0.3, 0.4) is 0 Å². The Morgan fingerprint density at radius 2 is 2.10 bits per heavy atom. The van der Waals surface area contributed by atoms with Gasteiger partial charge in [-0.2, -0.15) is 5.26 Å². The summed E-state index contributed by atoms with van der Waals surface area (Å²) in [7, 11) is -3.87. The highest BCUT2D eigenvalue weighted by molar-refractivity contribution is 9.10. The smallest absolute Gasteiger partial charge is 0.263 e. The zero-order chi connectivity index (χ0) is 15.6. The predicted molar refractivity (Wildman–Crippen MR) is 83.6 cm³/mol. The molecule has 0 unspecified atom stereocenters. The predicted octanol–water partition coefficient (Wildman–Crippen LogP) is 3.48. The number of pyridine rings is 1. The van der Waals surface area contributed by atoms with Crippen molar-refractivity contribution < 1.29 is 8.42 Å². The molecule has 0 aliphatic carbocycles. The lowest BCUT2D eigenvalue weighted by Gasteiger charge is -2.10. The maximum Gasteiger partial charge on any atom is 0.264 e. The van der Waals surface area contributed by atoms with E-state index < -0.39 is 10.0 Å². The summed E-state index contributed by atoms with van der Waals surface area (Å²) in [6.07, 6.45) is 1.51. The first-order valence-corrected chi connectivity index (χ1v) is 8.33. The zero-order valence-corrected chi connectivity index (χ0v) is 13.9. The average Bonchev–Trinajstić information content (AvgIpc) is 2.42. The van der Waals surface area contributed by atoms with Gasteiger partial charge in [-0.1, -0.05) is 11.6 Å². The van der Waals surface area contributed by atoms with Crippen LogP contribution in [-0.2, 0) is 10.0 Å². The van der Waals surface area contributed by atoms with Gasteiger partial charge in [-0.25, -0.2) is 13.4 Å². The molecule has 21 heavy (non-hydrogen) atoms. The van der Waals surface area contributed by atoms with Crippen LogP contribution >= 0.6 is 27.5 Å². The summed E-state index contributed by atoms with van der Waals surface area (Å²) in [5.74, 6) is 0.191. The maximum atomic E-state index is 12.3. The van der Waals surface area contributed by atoms with Crippen LogP contribution in [-0.4, -0.2) is 13.4 Å². The van der Waals surface area contributed by atoms with Crippen LogP contribution in [0, 0.1) is 18.3 Å². The number of sulfonamides is 1. The van der Waals surface area contributed by atoms with Crippen molar-refractivity contribution in [3.8, 4) is 6.07 Å². The van der Waals surface area contributed by atoms with Gasteiger partial charge in [0.1, 0.15) is 10.7 Å². The van der Waals surface area contributed by atoms with E-state index in [9.17, 15) is 8.42 Å². The third-order valence-electron chi connectivity index (χ3n) is 2.64. The van der Waals surface area contributed by atoms with Crippen LogP contribution in [0.2, 0.25) is 5.02 Å². The van der Waals surface area contributed by atoms with E-state index in [4.69, 9.17) is 16.9 Å². The highest BCUT2D eigenvalue weighted by atomic mass is 79.9. The number of benzene rings is 1. The van der Waals surface area contributed by atoms with Crippen molar-refractivity contribution in [2.45, 2.75) is 11.8 Å². The number of hydrogen-bond acceptors (Lipinski definition) is 4. The fourth-order valence-corrected chi connectivity index (χ4v) is 3.34. The van der Waals surface area contributed by atoms with E-state index in [0.717, 1.165) is 10.0 Å². The Morgan fingerprint density at radius 3 is 2.67 bits per heavy atom. The minimum Gasteiger partial charge on any atom is -0.263 e. The lowest BCUT2D eigenvalue weighted by molar-refractivity contribution is 0.601. The van der Waals surface area contributed by atoms with Gasteiger partial charge in [0.05, 0.1) is 16.7 Å². The second kappa shape index (κ2) is 6.02. The van der Waals surface area contributed by atoms with Crippen molar-refractivity contribution in [1.82, 2.24) is 4.98 Å². The van der Waals surface area contributed by atoms with Crippen LogP contribution in [0.1, 0.15) is 11.1 Å². The minimum absolute atomic E-state index is 0.0182. The highest BCUT2D eigenvalue weighted by Crippen LogP contribution is 2.25. The van der Waals surface area contributed by atoms with Gasteiger partial charge in [0, 0.05) is 10.7 Å². The summed E-state index contributed by atoms with van der Waals surface area (Å²) < 4.78 is 27.7. The fraction of sp³-hybridized carbons (Fsp3) is 0.0769. The number of nitriles is 1. The van der Waals surface area contributed by atoms with E-state index in [0.29, 0.717) is 0 Å². The molecule has 1 heterocycles. The van der Waals surface area contributed by atoms with Crippen molar-refractivity contribution in [2.24, 2.45) is 0 Å². The Labute approximate surface area is 135 Å². The number of hydrogen-bond donors (Lipinski definition) is 1. The van der Waals surface area contributed by atoms with E-state index in [2.05, 4.69) is 25.6 Å². The molecule has 0 saturated heterocycles. The largest absolute Gasteiger partial charge is 0.264 e. The summed E-state index contributed by atoms with van der Waals surface area (Å²) in [5, 5.41) is 8.74. The second-order valence-corrected chi connectivity index (χ2v) is 7.09. The Hall–Kier alpha value is -1.62. The summed E-state index contributed by atoms with van der Waals surface area (Å²) in [5.41, 5.74) is 1.13. The Morgan fingerprint density at radius 1 is 1.38 bits per heavy atom. The summed E-state index contributed by atoms with van der Waals surface area (Å²) >= 11 is 9.21. The van der Waals surface area contributed by atoms with Gasteiger partial charge in [-0.05, 0) is 52.7 Å². The van der Waals surface area contributed by atoms with Gasteiger partial charge in [-0.15, -0.1) is 0 Å². The van der Waals surface area contributed by atoms with Crippen LogP contribution in [0.25, 0.3) is 0 Å². The molecule has 0 saturated carbocycles. The first-order chi connectivity index (χ1) is 9.83. The van der Waals surface area contributed by atoms with Crippen LogP contribution < -0.4 is 4.72 Å². The molecule has 0 spiro atoms. The standard InChI is InChI=1S/C13H9BrClN3O2S/c1-8-4-13(17-7-10(8)14)18-21(19,20)12-3-2-9(6-16)5-11(12)15/h2-5,7H,1H3,(H,17,18). The van der Waals surface area contributed by atoms with Crippen molar-refractivity contribution in [3.05, 3.63) is 51.1 Å². The van der Waals surface area contributed by atoms with Crippen molar-refractivity contribution in [1.29, 1.82) is 5.26 Å². The fourth-order valence-electron chi connectivity index (χ4n) is 1.58. The van der Waals surface area contributed by atoms with E-state index in [1.807, 2.05) is 13.0 Å². The molecule has 2 aromatic rings. The lowest BCUT2D eigenvalue weighted by atomic mass is 10.2. The van der Waals surface area contributed by atoms with Crippen LogP contribution in [0.4, 0.5) is 5.82 Å². The molecule has 1 N–H and O–H groups in total. The Kier molecular flexibility index (Phi) is 4.52. The normalized spacial score (nSPS) is 11.0. The lowest BCUT2D eigenvalue weighted by Crippen LogP contribution is -2.14. The molecule has 0 atom stereocenters. The SMILES string of the molecule is Cc1cc(NS(=O)(=O)c2ccc(C#N)cc2Cl)ncc1Br. The third-order valence-corrected chi connectivity index (χ3v) is 5.30. The molecule has 1 aromatic carbocycles. The highest BCUT2D eigenvalue weighted by Gasteiger charge is 2.19. The summed E-state index contributed by atoms with van der Waals surface area (Å²) in [6, 6.07) is 7.47. The number of rotatable bonds is 3. The first kappa shape index (κ1) is 15.8. The Balaban J connectivity index is 2.38. The van der Waals surface area contributed by atoms with Crippen molar-refractivity contribution in [3.63, 3.8) is 0 Å². The molecule has 108 valence electrons. The monoisotopic (exact) mass is 385 g/mol. The van der Waals surface area contributed by atoms with E-state index in [1.54, 1.807) is 6.07 Å². The van der Waals surface area contributed by atoms with Gasteiger partial charge < -0.3 is 0 Å². The van der Waals surface area contributed by atoms with Gasteiger partial charge in [-0.3, -0.25) is 4.72 Å². The molecule has 0 fully saturated rings. The molecule has 0 aliphatic heterocycles. The maximum absolute atomic E-state index is 12.3. The van der Waals surface area contributed by atoms with Gasteiger partial charge >= 0.3 is 0 Å². The number of nitrogens with zero attached hydrogens (tertiary/aromatic N) is 2. The minimum atomic E-state index is -3.87. The molecule has 8 heteroatoms. The van der Waals surface area contributed by atoms with Crippen LogP contribution in [0.15, 0.2) is 39.8 Å². The first-order valence-electron chi connectivity index (χ1n) is 5.68. The molecule has 5 nitrogen and oxygen atoms in total. The molecule has 0 radical (unpaired) electrons. The second-order valence-electron chi connectivity index (χ2n) is 4.18. The topological polar surface area (TPSA) is 82.9 Å². The van der Waals surface area contributed by atoms with E-state index in [1.165, 1.54) is 24.4 Å². The number of aromatic nitrogens is 1. The molecule has 0 amide bonds. The molecule has 1 aromatic heterocycles. The van der Waals surface area contributed by atoms with E-state index >= 15 is 0 Å². The molecule has 0 bridgehead atoms. The van der Waals surface area contributed by atoms with Crippen molar-refractivity contribution in [2.75, 3.05) is 4.72 Å². The number of nitrogens with one attached hydrogen (secondary N) is 1. The summed E-state index contributed by atoms with van der Waals surface area (Å²) in [6.45, 7) is 1.82. The van der Waals surface area contributed by atoms with Gasteiger partial charge in [0.2, 0.25) is 0 Å².